The molecule has 0 unspecified atom stereocenters. The van der Waals surface area contributed by atoms with E-state index >= 15 is 0 Å². The van der Waals surface area contributed by atoms with Crippen molar-refractivity contribution in [1.82, 2.24) is 0 Å². The van der Waals surface area contributed by atoms with Crippen LogP contribution in [-0.4, -0.2) is 20.4 Å². The molecule has 0 aliphatic rings. The van der Waals surface area contributed by atoms with Crippen molar-refractivity contribution in [3.05, 3.63) is 41.5 Å². The third-order valence-corrected chi connectivity index (χ3v) is 2.74. The van der Waals surface area contributed by atoms with Crippen LogP contribution < -0.4 is 0 Å². The van der Waals surface area contributed by atoms with Crippen LogP contribution in [0, 0.1) is 5.41 Å². The Morgan fingerprint density at radius 1 is 1.22 bits per heavy atom. The van der Waals surface area contributed by atoms with Gasteiger partial charge in [0, 0.05) is 5.56 Å². The molecule has 0 amide bonds. The summed E-state index contributed by atoms with van der Waals surface area (Å²) in [7, 11) is 0. The molecule has 0 saturated carbocycles. The molecule has 0 aromatic heterocycles. The number of Topliss-reactive ketones (excluding diaryl/α,β-unsaturated/α-hetero) is 1. The molecule has 96 valence electrons. The van der Waals surface area contributed by atoms with E-state index in [1.165, 1.54) is 6.92 Å². The number of hydrogen-bond donors (Lipinski definition) is 2. The normalized spacial score (nSPS) is 12.9. The molecule has 3 nitrogen and oxygen atoms in total. The monoisotopic (exact) mass is 305 g/mol. The highest BCUT2D eigenvalue weighted by Crippen LogP contribution is 2.32. The van der Waals surface area contributed by atoms with Crippen LogP contribution in [0.15, 0.2) is 35.9 Å². The quantitative estimate of drug-likeness (QED) is 0.384. The van der Waals surface area contributed by atoms with E-state index in [1.54, 1.807) is 30.3 Å². The number of allylic oxidation sites excluding steroid dienone is 1. The SMILES string of the molecule is CC(=O)/C(C(=N)C(Cl)(Cl)Cl)=C(/O)c1ccccc1. The molecular formula is C12H10Cl3NO2. The maximum atomic E-state index is 11.5. The Morgan fingerprint density at radius 2 is 1.72 bits per heavy atom. The van der Waals surface area contributed by atoms with Crippen LogP contribution >= 0.6 is 34.8 Å². The molecule has 18 heavy (non-hydrogen) atoms. The van der Waals surface area contributed by atoms with Gasteiger partial charge >= 0.3 is 0 Å². The molecule has 0 atom stereocenters. The number of carbonyl (C=O) groups is 1. The van der Waals surface area contributed by atoms with Gasteiger partial charge < -0.3 is 5.11 Å². The molecule has 0 radical (unpaired) electrons. The van der Waals surface area contributed by atoms with Gasteiger partial charge in [0.1, 0.15) is 5.76 Å². The molecule has 0 bridgehead atoms. The van der Waals surface area contributed by atoms with Gasteiger partial charge in [-0.05, 0) is 6.92 Å². The molecule has 0 fully saturated rings. The molecule has 1 rings (SSSR count). The van der Waals surface area contributed by atoms with Crippen LogP contribution in [0.2, 0.25) is 0 Å². The molecule has 2 N–H and O–H groups in total. The smallest absolute Gasteiger partial charge is 0.232 e. The Balaban J connectivity index is 3.37. The van der Waals surface area contributed by atoms with Crippen LogP contribution in [0.3, 0.4) is 0 Å². The third kappa shape index (κ3) is 3.48. The molecule has 6 heteroatoms. The molecule has 0 spiro atoms. The second-order valence-electron chi connectivity index (χ2n) is 3.52. The fourth-order valence-electron chi connectivity index (χ4n) is 1.34. The summed E-state index contributed by atoms with van der Waals surface area (Å²) in [5.74, 6) is -0.924. The average molecular weight is 307 g/mol. The van der Waals surface area contributed by atoms with E-state index in [0.717, 1.165) is 0 Å². The van der Waals surface area contributed by atoms with E-state index in [0.29, 0.717) is 5.56 Å². The Hall–Kier alpha value is -1.03. The van der Waals surface area contributed by atoms with Gasteiger partial charge in [-0.1, -0.05) is 65.1 Å². The lowest BCUT2D eigenvalue weighted by Gasteiger charge is -2.15. The first kappa shape index (κ1) is 15.0. The Kier molecular flexibility index (Phi) is 4.79. The summed E-state index contributed by atoms with van der Waals surface area (Å²) in [5.41, 5.74) is -0.482. The first-order valence-corrected chi connectivity index (χ1v) is 6.04. The highest BCUT2D eigenvalue weighted by Gasteiger charge is 2.33. The van der Waals surface area contributed by atoms with Crippen molar-refractivity contribution in [2.24, 2.45) is 0 Å². The summed E-state index contributed by atoms with van der Waals surface area (Å²) >= 11 is 16.7. The van der Waals surface area contributed by atoms with Gasteiger partial charge in [0.2, 0.25) is 3.79 Å². The molecule has 0 saturated heterocycles. The van der Waals surface area contributed by atoms with Crippen molar-refractivity contribution < 1.29 is 9.90 Å². The van der Waals surface area contributed by atoms with Gasteiger partial charge in [-0.3, -0.25) is 10.2 Å². The molecule has 0 aliphatic carbocycles. The summed E-state index contributed by atoms with van der Waals surface area (Å²) in [4.78, 5) is 11.5. The van der Waals surface area contributed by atoms with Crippen LogP contribution in [-0.2, 0) is 4.79 Å². The van der Waals surface area contributed by atoms with Gasteiger partial charge in [-0.25, -0.2) is 0 Å². The second-order valence-corrected chi connectivity index (χ2v) is 5.80. The zero-order valence-corrected chi connectivity index (χ0v) is 11.6. The van der Waals surface area contributed by atoms with Gasteiger partial charge in [0.25, 0.3) is 0 Å². The van der Waals surface area contributed by atoms with E-state index in [4.69, 9.17) is 40.2 Å². The maximum absolute atomic E-state index is 11.5. The molecule has 0 heterocycles. The van der Waals surface area contributed by atoms with Gasteiger partial charge in [-0.15, -0.1) is 0 Å². The van der Waals surface area contributed by atoms with E-state index in [1.807, 2.05) is 0 Å². The van der Waals surface area contributed by atoms with E-state index in [9.17, 15) is 9.90 Å². The number of rotatable bonds is 3. The Labute approximate surface area is 119 Å². The predicted octanol–water partition coefficient (Wildman–Crippen LogP) is 3.93. The van der Waals surface area contributed by atoms with Crippen molar-refractivity contribution in [3.63, 3.8) is 0 Å². The van der Waals surface area contributed by atoms with E-state index in [-0.39, 0.29) is 11.3 Å². The molecule has 1 aromatic carbocycles. The molecule has 0 aliphatic heterocycles. The van der Waals surface area contributed by atoms with Crippen LogP contribution in [0.4, 0.5) is 0 Å². The second kappa shape index (κ2) is 5.74. The number of hydrogen-bond acceptors (Lipinski definition) is 3. The standard InChI is InChI=1S/C12H10Cl3NO2/c1-7(17)9(11(16)12(13,14)15)10(18)8-5-3-2-4-6-8/h2-6,16,18H,1H3/b10-9-,16-11?. The fraction of sp³-hybridized carbons (Fsp3) is 0.167. The average Bonchev–Trinajstić information content (AvgIpc) is 2.28. The lowest BCUT2D eigenvalue weighted by atomic mass is 10.0. The van der Waals surface area contributed by atoms with Crippen LogP contribution in [0.25, 0.3) is 5.76 Å². The predicted molar refractivity (Wildman–Crippen MR) is 74.7 cm³/mol. The fourth-order valence-corrected chi connectivity index (χ4v) is 1.63. The summed E-state index contributed by atoms with van der Waals surface area (Å²) < 4.78 is -2.07. The van der Waals surface area contributed by atoms with E-state index in [2.05, 4.69) is 0 Å². The first-order valence-electron chi connectivity index (χ1n) is 4.91. The third-order valence-electron chi connectivity index (χ3n) is 2.17. The van der Waals surface area contributed by atoms with Crippen LogP contribution in [0.1, 0.15) is 12.5 Å². The number of halogens is 3. The number of nitrogens with one attached hydrogen (secondary N) is 1. The Morgan fingerprint density at radius 3 is 2.11 bits per heavy atom. The molecular weight excluding hydrogens is 296 g/mol. The number of alkyl halides is 3. The highest BCUT2D eigenvalue weighted by molar-refractivity contribution is 6.78. The number of carbonyl (C=O) groups excluding carboxylic acids is 1. The number of benzene rings is 1. The van der Waals surface area contributed by atoms with Gasteiger partial charge in [0.05, 0.1) is 11.3 Å². The minimum atomic E-state index is -2.07. The topological polar surface area (TPSA) is 61.2 Å². The lowest BCUT2D eigenvalue weighted by molar-refractivity contribution is -0.113. The summed E-state index contributed by atoms with van der Waals surface area (Å²) in [6, 6.07) is 8.29. The molecule has 1 aromatic rings. The largest absolute Gasteiger partial charge is 0.506 e. The van der Waals surface area contributed by atoms with Crippen molar-refractivity contribution in [3.8, 4) is 0 Å². The zero-order valence-electron chi connectivity index (χ0n) is 9.38. The van der Waals surface area contributed by atoms with Crippen molar-refractivity contribution in [2.45, 2.75) is 10.7 Å². The number of aliphatic hydroxyl groups is 1. The first-order chi connectivity index (χ1) is 8.25. The van der Waals surface area contributed by atoms with E-state index < -0.39 is 15.3 Å². The number of ketones is 1. The number of aliphatic hydroxyl groups excluding tert-OH is 1. The maximum Gasteiger partial charge on any atom is 0.232 e. The lowest BCUT2D eigenvalue weighted by Crippen LogP contribution is -2.25. The summed E-state index contributed by atoms with van der Waals surface area (Å²) in [6.07, 6.45) is 0. The zero-order chi connectivity index (χ0) is 13.9. The van der Waals surface area contributed by atoms with Crippen molar-refractivity contribution in [2.75, 3.05) is 0 Å². The van der Waals surface area contributed by atoms with Gasteiger partial charge in [-0.2, -0.15) is 0 Å². The van der Waals surface area contributed by atoms with Gasteiger partial charge in [0.15, 0.2) is 5.78 Å². The minimum absolute atomic E-state index is 0.304. The Bertz CT molecular complexity index is 504. The van der Waals surface area contributed by atoms with Crippen molar-refractivity contribution >= 4 is 52.1 Å². The summed E-state index contributed by atoms with van der Waals surface area (Å²) in [6.45, 7) is 1.19. The van der Waals surface area contributed by atoms with Crippen molar-refractivity contribution in [1.29, 1.82) is 5.41 Å². The van der Waals surface area contributed by atoms with Crippen LogP contribution in [0.5, 0.6) is 0 Å². The summed E-state index contributed by atoms with van der Waals surface area (Å²) in [5, 5.41) is 17.7. The highest BCUT2D eigenvalue weighted by atomic mass is 35.6. The minimum Gasteiger partial charge on any atom is -0.506 e.